The largest absolute Gasteiger partial charge is 0.502 e. The standard InChI is InChI=1S/C16H17NO6S/c1-10-5-3-4-6-13(10)24(22,23)8-7-11-9-12(18)15(19)14(16(20)21)17(11)2/h3-6,9,19H,7-8H2,1-2H3,(H,20,21). The highest BCUT2D eigenvalue weighted by molar-refractivity contribution is 7.91. The molecule has 0 aliphatic carbocycles. The molecule has 8 heteroatoms. The molecule has 2 N–H and O–H groups in total. The maximum atomic E-state index is 12.5. The molecule has 0 fully saturated rings. The number of sulfone groups is 1. The van der Waals surface area contributed by atoms with Crippen LogP contribution in [-0.4, -0.2) is 34.9 Å². The van der Waals surface area contributed by atoms with Crippen molar-refractivity contribution >= 4 is 15.8 Å². The van der Waals surface area contributed by atoms with E-state index in [1.807, 2.05) is 0 Å². The topological polar surface area (TPSA) is 114 Å². The average Bonchev–Trinajstić information content (AvgIpc) is 2.49. The Morgan fingerprint density at radius 1 is 1.25 bits per heavy atom. The number of carboxylic acids is 1. The van der Waals surface area contributed by atoms with Crippen LogP contribution in [0.2, 0.25) is 0 Å². The SMILES string of the molecule is Cc1ccccc1S(=O)(=O)CCc1cc(=O)c(O)c(C(=O)O)n1C. The van der Waals surface area contributed by atoms with E-state index in [9.17, 15) is 23.1 Å². The summed E-state index contributed by atoms with van der Waals surface area (Å²) in [6, 6.07) is 7.60. The van der Waals surface area contributed by atoms with Crippen molar-refractivity contribution in [3.63, 3.8) is 0 Å². The second-order valence-corrected chi connectivity index (χ2v) is 7.47. The number of pyridine rings is 1. The van der Waals surface area contributed by atoms with E-state index in [4.69, 9.17) is 5.11 Å². The van der Waals surface area contributed by atoms with Crippen molar-refractivity contribution in [3.8, 4) is 5.75 Å². The fourth-order valence-corrected chi connectivity index (χ4v) is 4.02. The van der Waals surface area contributed by atoms with Gasteiger partial charge in [0.25, 0.3) is 0 Å². The zero-order valence-electron chi connectivity index (χ0n) is 13.2. The number of carbonyl (C=O) groups is 1. The van der Waals surface area contributed by atoms with Crippen molar-refractivity contribution in [1.29, 1.82) is 0 Å². The summed E-state index contributed by atoms with van der Waals surface area (Å²) in [6.45, 7) is 1.69. The van der Waals surface area contributed by atoms with Gasteiger partial charge in [0.05, 0.1) is 10.6 Å². The van der Waals surface area contributed by atoms with E-state index in [1.54, 1.807) is 25.1 Å². The first-order valence-electron chi connectivity index (χ1n) is 7.08. The van der Waals surface area contributed by atoms with Crippen LogP contribution in [0.15, 0.2) is 40.0 Å². The number of aryl methyl sites for hydroxylation is 2. The van der Waals surface area contributed by atoms with Crippen molar-refractivity contribution in [2.24, 2.45) is 7.05 Å². The van der Waals surface area contributed by atoms with Gasteiger partial charge in [0, 0.05) is 25.2 Å². The number of nitrogens with zero attached hydrogens (tertiary/aromatic N) is 1. The van der Waals surface area contributed by atoms with Crippen LogP contribution in [-0.2, 0) is 23.3 Å². The second kappa shape index (κ2) is 6.48. The molecule has 7 nitrogen and oxygen atoms in total. The molecular formula is C16H17NO6S. The minimum atomic E-state index is -3.59. The quantitative estimate of drug-likeness (QED) is 0.834. The third-order valence-electron chi connectivity index (χ3n) is 3.78. The monoisotopic (exact) mass is 351 g/mol. The summed E-state index contributed by atoms with van der Waals surface area (Å²) in [5.74, 6) is -2.61. The highest BCUT2D eigenvalue weighted by atomic mass is 32.2. The van der Waals surface area contributed by atoms with Crippen LogP contribution in [0, 0.1) is 6.92 Å². The number of aromatic carboxylic acids is 1. The van der Waals surface area contributed by atoms with E-state index in [1.165, 1.54) is 13.1 Å². The Morgan fingerprint density at radius 2 is 1.88 bits per heavy atom. The van der Waals surface area contributed by atoms with Crippen molar-refractivity contribution in [1.82, 2.24) is 4.57 Å². The Hall–Kier alpha value is -2.61. The molecule has 0 atom stereocenters. The van der Waals surface area contributed by atoms with Gasteiger partial charge in [-0.25, -0.2) is 13.2 Å². The summed E-state index contributed by atoms with van der Waals surface area (Å²) in [7, 11) is -2.23. The molecule has 128 valence electrons. The molecule has 0 radical (unpaired) electrons. The Kier molecular flexibility index (Phi) is 4.79. The van der Waals surface area contributed by atoms with Gasteiger partial charge in [0.15, 0.2) is 21.3 Å². The average molecular weight is 351 g/mol. The maximum absolute atomic E-state index is 12.5. The smallest absolute Gasteiger partial charge is 0.356 e. The van der Waals surface area contributed by atoms with E-state index in [0.717, 1.165) is 10.6 Å². The Balaban J connectivity index is 2.38. The molecule has 24 heavy (non-hydrogen) atoms. The lowest BCUT2D eigenvalue weighted by atomic mass is 10.2. The molecule has 1 aromatic carbocycles. The molecule has 1 aromatic heterocycles. The molecular weight excluding hydrogens is 334 g/mol. The highest BCUT2D eigenvalue weighted by Crippen LogP contribution is 2.18. The predicted octanol–water partition coefficient (Wildman–Crippen LogP) is 1.11. The van der Waals surface area contributed by atoms with Gasteiger partial charge >= 0.3 is 5.97 Å². The van der Waals surface area contributed by atoms with Crippen LogP contribution in [0.25, 0.3) is 0 Å². The number of carboxylic acid groups (broad SMARTS) is 1. The summed E-state index contributed by atoms with van der Waals surface area (Å²) < 4.78 is 26.0. The molecule has 0 aliphatic heterocycles. The lowest BCUT2D eigenvalue weighted by Crippen LogP contribution is -2.21. The molecule has 2 aromatic rings. The van der Waals surface area contributed by atoms with Gasteiger partial charge < -0.3 is 14.8 Å². The molecule has 0 saturated heterocycles. The van der Waals surface area contributed by atoms with Crippen LogP contribution in [0.5, 0.6) is 5.75 Å². The van der Waals surface area contributed by atoms with E-state index in [2.05, 4.69) is 0 Å². The normalized spacial score (nSPS) is 11.4. The lowest BCUT2D eigenvalue weighted by molar-refractivity contribution is 0.0681. The van der Waals surface area contributed by atoms with Gasteiger partial charge in [-0.3, -0.25) is 4.79 Å². The van der Waals surface area contributed by atoms with Gasteiger partial charge in [-0.05, 0) is 18.6 Å². The molecule has 0 spiro atoms. The molecule has 1 heterocycles. The van der Waals surface area contributed by atoms with E-state index in [0.29, 0.717) is 5.56 Å². The Morgan fingerprint density at radius 3 is 2.46 bits per heavy atom. The van der Waals surface area contributed by atoms with Crippen LogP contribution < -0.4 is 5.43 Å². The van der Waals surface area contributed by atoms with Gasteiger partial charge in [-0.2, -0.15) is 0 Å². The zero-order chi connectivity index (χ0) is 18.1. The van der Waals surface area contributed by atoms with Crippen molar-refractivity contribution in [2.45, 2.75) is 18.2 Å². The number of benzene rings is 1. The summed E-state index contributed by atoms with van der Waals surface area (Å²) in [5.41, 5.74) is -0.588. The minimum Gasteiger partial charge on any atom is -0.502 e. The molecule has 2 rings (SSSR count). The number of aromatic hydroxyl groups is 1. The Bertz CT molecular complexity index is 959. The lowest BCUT2D eigenvalue weighted by Gasteiger charge is -2.13. The first kappa shape index (κ1) is 17.7. The maximum Gasteiger partial charge on any atom is 0.356 e. The van der Waals surface area contributed by atoms with E-state index >= 15 is 0 Å². The second-order valence-electron chi connectivity index (χ2n) is 5.40. The first-order valence-corrected chi connectivity index (χ1v) is 8.74. The van der Waals surface area contributed by atoms with Gasteiger partial charge in [0.2, 0.25) is 5.43 Å². The van der Waals surface area contributed by atoms with Crippen molar-refractivity contribution in [3.05, 3.63) is 57.5 Å². The van der Waals surface area contributed by atoms with Crippen LogP contribution in [0.3, 0.4) is 0 Å². The van der Waals surface area contributed by atoms with Crippen LogP contribution in [0.1, 0.15) is 21.7 Å². The summed E-state index contributed by atoms with van der Waals surface area (Å²) >= 11 is 0. The summed E-state index contributed by atoms with van der Waals surface area (Å²) in [5, 5.41) is 18.7. The van der Waals surface area contributed by atoms with E-state index < -0.39 is 32.7 Å². The van der Waals surface area contributed by atoms with Gasteiger partial charge in [0.1, 0.15) is 0 Å². The minimum absolute atomic E-state index is 0.0526. The third-order valence-corrected chi connectivity index (χ3v) is 5.65. The molecule has 0 amide bonds. The third kappa shape index (κ3) is 3.33. The predicted molar refractivity (Wildman–Crippen MR) is 87.2 cm³/mol. The molecule has 0 bridgehead atoms. The number of rotatable bonds is 5. The van der Waals surface area contributed by atoms with Crippen LogP contribution in [0.4, 0.5) is 0 Å². The van der Waals surface area contributed by atoms with Gasteiger partial charge in [-0.15, -0.1) is 0 Å². The molecule has 0 aliphatic rings. The Labute approximate surface area is 138 Å². The van der Waals surface area contributed by atoms with E-state index in [-0.39, 0.29) is 22.8 Å². The number of aromatic nitrogens is 1. The van der Waals surface area contributed by atoms with Gasteiger partial charge in [-0.1, -0.05) is 18.2 Å². The first-order chi connectivity index (χ1) is 11.1. The zero-order valence-corrected chi connectivity index (χ0v) is 14.0. The molecule has 0 saturated carbocycles. The van der Waals surface area contributed by atoms with Crippen LogP contribution >= 0.6 is 0 Å². The highest BCUT2D eigenvalue weighted by Gasteiger charge is 2.21. The van der Waals surface area contributed by atoms with Crippen molar-refractivity contribution < 1.29 is 23.4 Å². The fraction of sp³-hybridized carbons (Fsp3) is 0.250. The summed E-state index contributed by atoms with van der Waals surface area (Å²) in [4.78, 5) is 23.1. The number of hydrogen-bond acceptors (Lipinski definition) is 5. The number of hydrogen-bond donors (Lipinski definition) is 2. The van der Waals surface area contributed by atoms with Crippen molar-refractivity contribution in [2.75, 3.05) is 5.75 Å². The molecule has 0 unspecified atom stereocenters. The summed E-state index contributed by atoms with van der Waals surface area (Å²) in [6.07, 6.45) is -0.0526. The fourth-order valence-electron chi connectivity index (χ4n) is 2.47.